The number of hydrogen-bond acceptors (Lipinski definition) is 9. The number of likely N-dealkylation sites (N-methyl/N-ethyl adjacent to an activating group) is 1. The summed E-state index contributed by atoms with van der Waals surface area (Å²) < 4.78 is 59.0. The summed E-state index contributed by atoms with van der Waals surface area (Å²) in [5.41, 5.74) is 2.62. The predicted octanol–water partition coefficient (Wildman–Crippen LogP) is 5.51. The average molecular weight is 800 g/mol. The first-order chi connectivity index (χ1) is 26.2. The molecule has 7 atom stereocenters. The third kappa shape index (κ3) is 8.14. The van der Waals surface area contributed by atoms with E-state index < -0.39 is 50.5 Å². The largest absolute Gasteiger partial charge is 0.490 e. The van der Waals surface area contributed by atoms with Crippen LogP contribution in [-0.4, -0.2) is 118 Å². The Hall–Kier alpha value is -3.23. The minimum atomic E-state index is -4.14. The maximum atomic E-state index is 17.1. The topological polar surface area (TPSA) is 112 Å². The lowest BCUT2D eigenvalue weighted by Gasteiger charge is -2.45. The van der Waals surface area contributed by atoms with Gasteiger partial charge in [-0.25, -0.2) is 17.5 Å². The smallest absolute Gasteiger partial charge is 0.264 e. The van der Waals surface area contributed by atoms with Crippen molar-refractivity contribution in [1.29, 1.82) is 0 Å². The molecule has 1 N–H and O–H groups in total. The Morgan fingerprint density at radius 2 is 1.85 bits per heavy atom. The van der Waals surface area contributed by atoms with Gasteiger partial charge in [0.2, 0.25) is 15.9 Å². The molecule has 4 heterocycles. The molecule has 4 aliphatic heterocycles. The maximum absolute atomic E-state index is 17.1. The van der Waals surface area contributed by atoms with Crippen LogP contribution in [0.1, 0.15) is 81.3 Å². The lowest BCUT2D eigenvalue weighted by Crippen LogP contribution is -2.58. The van der Waals surface area contributed by atoms with E-state index in [1.807, 2.05) is 30.9 Å². The van der Waals surface area contributed by atoms with Crippen molar-refractivity contribution >= 4 is 39.1 Å². The fourth-order valence-corrected chi connectivity index (χ4v) is 10.9. The second-order valence-electron chi connectivity index (χ2n) is 16.6. The summed E-state index contributed by atoms with van der Waals surface area (Å²) in [5, 5.41) is -0.342. The normalized spacial score (nSPS) is 32.5. The molecule has 0 saturated carbocycles. The zero-order chi connectivity index (χ0) is 39.2. The number of hydrogen-bond donors (Lipinski definition) is 1. The quantitative estimate of drug-likeness (QED) is 0.428. The number of aryl methyl sites for hydroxylation is 1. The van der Waals surface area contributed by atoms with E-state index in [4.69, 9.17) is 21.1 Å². The molecule has 2 fully saturated rings. The van der Waals surface area contributed by atoms with Gasteiger partial charge in [0.25, 0.3) is 5.91 Å². The van der Waals surface area contributed by atoms with Crippen LogP contribution < -0.4 is 14.4 Å². The number of nitrogens with one attached hydrogen (secondary N) is 1. The van der Waals surface area contributed by atoms with Gasteiger partial charge in [0.1, 0.15) is 17.6 Å². The zero-order valence-electron chi connectivity index (χ0n) is 32.6. The molecular formula is C41H55ClFN5O6S. The van der Waals surface area contributed by atoms with Gasteiger partial charge in [-0.2, -0.15) is 0 Å². The molecule has 2 aromatic carbocycles. The highest BCUT2D eigenvalue weighted by atomic mass is 35.5. The Morgan fingerprint density at radius 1 is 1.09 bits per heavy atom. The molecule has 5 aliphatic rings. The summed E-state index contributed by atoms with van der Waals surface area (Å²) in [6.07, 6.45) is 5.19. The molecule has 2 aromatic rings. The number of allylic oxidation sites excluding steroid dienone is 1. The van der Waals surface area contributed by atoms with Gasteiger partial charge >= 0.3 is 0 Å². The second kappa shape index (κ2) is 16.0. The van der Waals surface area contributed by atoms with E-state index in [9.17, 15) is 18.0 Å². The van der Waals surface area contributed by atoms with Gasteiger partial charge in [0, 0.05) is 62.3 Å². The van der Waals surface area contributed by atoms with E-state index in [1.165, 1.54) is 13.0 Å². The van der Waals surface area contributed by atoms with Gasteiger partial charge in [-0.1, -0.05) is 30.7 Å². The number of benzene rings is 2. The molecule has 2 unspecified atom stereocenters. The summed E-state index contributed by atoms with van der Waals surface area (Å²) in [5.74, 6) is -1.70. The molecule has 2 bridgehead atoms. The van der Waals surface area contributed by atoms with Crippen LogP contribution >= 0.6 is 11.6 Å². The number of sulfonamides is 1. The van der Waals surface area contributed by atoms with Crippen LogP contribution in [0.15, 0.2) is 48.3 Å². The third-order valence-corrected chi connectivity index (χ3v) is 14.7. The van der Waals surface area contributed by atoms with Gasteiger partial charge in [-0.15, -0.1) is 0 Å². The molecule has 1 aliphatic carbocycles. The fourth-order valence-electron chi connectivity index (χ4n) is 9.39. The van der Waals surface area contributed by atoms with Crippen LogP contribution in [-0.2, 0) is 31.4 Å². The SMILES string of the molecule is CC1CN(CCN(C)C(=O)[C@H]2/C(F)=C/C[C@H](C)[C@@H](C)S(=O)(=O)NC(=O)c3ccc4c(c3)N(C[C@@]3(CCCc5cc(Cl)ccc53)CO4)[C@@H]3CCCN23)CC(C)O1. The van der Waals surface area contributed by atoms with Crippen LogP contribution in [0.3, 0.4) is 0 Å². The highest BCUT2D eigenvalue weighted by Gasteiger charge is 2.48. The Balaban J connectivity index is 1.32. The number of rotatable bonds is 4. The van der Waals surface area contributed by atoms with Crippen LogP contribution in [0.25, 0.3) is 0 Å². The molecule has 2 amide bonds. The van der Waals surface area contributed by atoms with E-state index in [1.54, 1.807) is 37.1 Å². The minimum Gasteiger partial charge on any atom is -0.490 e. The van der Waals surface area contributed by atoms with E-state index in [0.29, 0.717) is 55.7 Å². The first-order valence-electron chi connectivity index (χ1n) is 19.8. The van der Waals surface area contributed by atoms with Crippen molar-refractivity contribution in [3.8, 4) is 5.75 Å². The number of morpholine rings is 1. The third-order valence-electron chi connectivity index (χ3n) is 12.5. The number of halogens is 2. The molecular weight excluding hydrogens is 745 g/mol. The van der Waals surface area contributed by atoms with Gasteiger partial charge in [0.15, 0.2) is 0 Å². The number of anilines is 1. The second-order valence-corrected chi connectivity index (χ2v) is 19.0. The molecule has 2 saturated heterocycles. The monoisotopic (exact) mass is 799 g/mol. The first kappa shape index (κ1) is 40.0. The van der Waals surface area contributed by atoms with Crippen molar-refractivity contribution in [1.82, 2.24) is 19.4 Å². The van der Waals surface area contributed by atoms with Gasteiger partial charge < -0.3 is 19.3 Å². The van der Waals surface area contributed by atoms with E-state index in [-0.39, 0.29) is 30.1 Å². The maximum Gasteiger partial charge on any atom is 0.264 e. The summed E-state index contributed by atoms with van der Waals surface area (Å²) in [4.78, 5) is 36.5. The predicted molar refractivity (Wildman–Crippen MR) is 212 cm³/mol. The first-order valence-corrected chi connectivity index (χ1v) is 21.7. The molecule has 0 aromatic heterocycles. The fraction of sp³-hybridized carbons (Fsp3) is 0.610. The Kier molecular flexibility index (Phi) is 11.6. The number of carbonyl (C=O) groups excluding carboxylic acids is 2. The van der Waals surface area contributed by atoms with Crippen LogP contribution in [0, 0.1) is 5.92 Å². The van der Waals surface area contributed by atoms with E-state index in [0.717, 1.165) is 49.9 Å². The van der Waals surface area contributed by atoms with Gasteiger partial charge in [-0.3, -0.25) is 19.4 Å². The number of amides is 2. The Labute approximate surface area is 330 Å². The molecule has 7 rings (SSSR count). The van der Waals surface area contributed by atoms with Crippen molar-refractivity contribution in [3.05, 3.63) is 70.0 Å². The molecule has 55 heavy (non-hydrogen) atoms. The van der Waals surface area contributed by atoms with E-state index >= 15 is 4.39 Å². The minimum absolute atomic E-state index is 0.0650. The average Bonchev–Trinajstić information content (AvgIpc) is 3.55. The highest BCUT2D eigenvalue weighted by molar-refractivity contribution is 7.90. The van der Waals surface area contributed by atoms with Crippen LogP contribution in [0.5, 0.6) is 5.75 Å². The number of fused-ring (bicyclic) bond motifs is 5. The van der Waals surface area contributed by atoms with Crippen molar-refractivity contribution in [2.45, 2.75) is 101 Å². The number of carbonyl (C=O) groups is 2. The molecule has 11 nitrogen and oxygen atoms in total. The molecule has 300 valence electrons. The lowest BCUT2D eigenvalue weighted by atomic mass is 9.70. The van der Waals surface area contributed by atoms with Crippen LogP contribution in [0.2, 0.25) is 5.02 Å². The Morgan fingerprint density at radius 3 is 2.62 bits per heavy atom. The summed E-state index contributed by atoms with van der Waals surface area (Å²) in [7, 11) is -2.40. The number of ether oxygens (including phenoxy) is 2. The van der Waals surface area contributed by atoms with Gasteiger partial charge in [-0.05, 0) is 107 Å². The van der Waals surface area contributed by atoms with Crippen molar-refractivity contribution in [3.63, 3.8) is 0 Å². The van der Waals surface area contributed by atoms with Crippen molar-refractivity contribution in [2.24, 2.45) is 5.92 Å². The number of nitrogens with zero attached hydrogens (tertiary/aromatic N) is 4. The van der Waals surface area contributed by atoms with Crippen LogP contribution in [0.4, 0.5) is 10.1 Å². The highest BCUT2D eigenvalue weighted by Crippen LogP contribution is 2.47. The van der Waals surface area contributed by atoms with Crippen molar-refractivity contribution in [2.75, 3.05) is 57.8 Å². The summed E-state index contributed by atoms with van der Waals surface area (Å²) >= 11 is 6.49. The molecule has 14 heteroatoms. The van der Waals surface area contributed by atoms with E-state index in [2.05, 4.69) is 20.6 Å². The molecule has 0 radical (unpaired) electrons. The summed E-state index contributed by atoms with van der Waals surface area (Å²) in [6, 6.07) is 9.79. The van der Waals surface area contributed by atoms with Crippen molar-refractivity contribution < 1.29 is 31.9 Å². The summed E-state index contributed by atoms with van der Waals surface area (Å²) in [6.45, 7) is 11.2. The Bertz CT molecular complexity index is 1920. The standard InChI is InChI=1S/C41H55ClFN5O6S/c1-26-10-14-34(43)38(40(50)45(5)18-19-46-22-27(2)54-28(3)23-46)47-17-7-9-37(47)48-24-41(16-6-8-30-20-32(42)12-13-33(30)41)25-53-36-15-11-31(21-35(36)48)39(49)44-55(51,52)29(26)4/h11-15,20-21,26-29,37-38H,6-10,16-19,22-25H2,1-5H3,(H,44,49)/b34-14-/t26-,27?,28?,29+,37+,38+,41-/m0/s1. The molecule has 1 spiro atoms. The lowest BCUT2D eigenvalue weighted by molar-refractivity contribution is -0.135. The van der Waals surface area contributed by atoms with Gasteiger partial charge in [0.05, 0.1) is 35.9 Å². The zero-order valence-corrected chi connectivity index (χ0v) is 34.2.